The predicted octanol–water partition coefficient (Wildman–Crippen LogP) is 6.49. The largest absolute Gasteiger partial charge is 0.497 e. The zero-order valence-electron chi connectivity index (χ0n) is 21.1. The molecule has 6 heteroatoms. The molecule has 36 heavy (non-hydrogen) atoms. The molecule has 1 fully saturated rings. The highest BCUT2D eigenvalue weighted by atomic mass is 35.5. The van der Waals surface area contributed by atoms with Crippen LogP contribution in [0.5, 0.6) is 11.5 Å². The molecule has 1 saturated heterocycles. The van der Waals surface area contributed by atoms with Crippen molar-refractivity contribution in [3.63, 3.8) is 0 Å². The molecule has 1 aromatic heterocycles. The Bertz CT molecular complexity index is 1460. The van der Waals surface area contributed by atoms with Gasteiger partial charge in [0, 0.05) is 71.7 Å². The average Bonchev–Trinajstić information content (AvgIpc) is 3.23. The molecule has 0 atom stereocenters. The van der Waals surface area contributed by atoms with Crippen molar-refractivity contribution in [1.29, 1.82) is 0 Å². The summed E-state index contributed by atoms with van der Waals surface area (Å²) in [4.78, 5) is 8.66. The van der Waals surface area contributed by atoms with Crippen molar-refractivity contribution in [1.82, 2.24) is 14.8 Å². The molecule has 186 valence electrons. The van der Waals surface area contributed by atoms with Crippen molar-refractivity contribution in [3.8, 4) is 11.5 Å². The maximum atomic E-state index is 6.57. The minimum absolute atomic E-state index is 0.335. The molecular weight excluding hydrogens is 470 g/mol. The molecule has 6 rings (SSSR count). The Kier molecular flexibility index (Phi) is 5.95. The van der Waals surface area contributed by atoms with E-state index in [0.717, 1.165) is 72.4 Å². The zero-order valence-corrected chi connectivity index (χ0v) is 21.9. The van der Waals surface area contributed by atoms with Crippen LogP contribution in [0.15, 0.2) is 54.6 Å². The van der Waals surface area contributed by atoms with E-state index < -0.39 is 0 Å². The van der Waals surface area contributed by atoms with Crippen LogP contribution in [0.4, 0.5) is 0 Å². The molecule has 1 N–H and O–H groups in total. The number of fused-ring (bicyclic) bond motifs is 5. The van der Waals surface area contributed by atoms with Crippen LogP contribution >= 0.6 is 11.6 Å². The number of aromatic nitrogens is 1. The van der Waals surface area contributed by atoms with Gasteiger partial charge in [0.1, 0.15) is 17.1 Å². The Labute approximate surface area is 217 Å². The van der Waals surface area contributed by atoms with Crippen molar-refractivity contribution in [3.05, 3.63) is 76.3 Å². The Morgan fingerprint density at radius 1 is 0.944 bits per heavy atom. The van der Waals surface area contributed by atoms with E-state index in [1.165, 1.54) is 21.9 Å². The number of piperazine rings is 1. The normalized spacial score (nSPS) is 17.9. The predicted molar refractivity (Wildman–Crippen MR) is 148 cm³/mol. The van der Waals surface area contributed by atoms with Gasteiger partial charge in [-0.3, -0.25) is 9.80 Å². The number of benzene rings is 3. The first-order valence-corrected chi connectivity index (χ1v) is 13.0. The number of hydrogen-bond donors (Lipinski definition) is 1. The molecule has 0 amide bonds. The fraction of sp³-hybridized carbons (Fsp3) is 0.333. The molecule has 0 unspecified atom stereocenters. The van der Waals surface area contributed by atoms with Gasteiger partial charge in [0.2, 0.25) is 0 Å². The minimum Gasteiger partial charge on any atom is -0.497 e. The molecular formula is C30H32ClN3O2. The van der Waals surface area contributed by atoms with Gasteiger partial charge in [0.05, 0.1) is 12.6 Å². The van der Waals surface area contributed by atoms with Crippen molar-refractivity contribution < 1.29 is 9.47 Å². The summed E-state index contributed by atoms with van der Waals surface area (Å²) in [6.45, 7) is 10.1. The fourth-order valence-electron chi connectivity index (χ4n) is 5.40. The number of rotatable bonds is 5. The first-order valence-electron chi connectivity index (χ1n) is 12.6. The third kappa shape index (κ3) is 4.36. The second-order valence-corrected chi connectivity index (χ2v) is 10.8. The first kappa shape index (κ1) is 23.4. The number of methoxy groups -OCH3 is 1. The maximum absolute atomic E-state index is 6.57. The third-order valence-corrected chi connectivity index (χ3v) is 7.77. The summed E-state index contributed by atoms with van der Waals surface area (Å²) < 4.78 is 12.1. The van der Waals surface area contributed by atoms with E-state index >= 15 is 0 Å². The second kappa shape index (κ2) is 9.15. The Hall–Kier alpha value is -2.99. The molecule has 2 aliphatic heterocycles. The van der Waals surface area contributed by atoms with Crippen LogP contribution in [0, 0.1) is 0 Å². The van der Waals surface area contributed by atoms with E-state index in [9.17, 15) is 0 Å². The van der Waals surface area contributed by atoms with Gasteiger partial charge >= 0.3 is 0 Å². The molecule has 0 aliphatic carbocycles. The van der Waals surface area contributed by atoms with Crippen LogP contribution in [0.2, 0.25) is 5.02 Å². The first-order chi connectivity index (χ1) is 17.4. The zero-order chi connectivity index (χ0) is 24.9. The summed E-state index contributed by atoms with van der Waals surface area (Å²) >= 11 is 6.40. The van der Waals surface area contributed by atoms with Crippen LogP contribution in [-0.4, -0.2) is 53.7 Å². The van der Waals surface area contributed by atoms with Crippen molar-refractivity contribution in [2.24, 2.45) is 0 Å². The SMILES string of the molecule is COc1ccc2[nH]c3c4c(c(CN5CCN(Cc6ccccc6Cl)CC5)cc3c2c1)OC(C)(C)C=C4. The summed E-state index contributed by atoms with van der Waals surface area (Å²) in [6, 6.07) is 16.7. The monoisotopic (exact) mass is 501 g/mol. The number of H-pyrrole nitrogens is 1. The van der Waals surface area contributed by atoms with E-state index in [4.69, 9.17) is 21.1 Å². The standard InChI is InChI=1S/C30H32ClN3O2/c1-30(2)11-10-23-28-25(24-17-22(35-3)8-9-27(24)32-28)16-21(29(23)36-30)19-34-14-12-33(13-15-34)18-20-6-4-5-7-26(20)31/h4-11,16-17,32H,12-15,18-19H2,1-3H3. The van der Waals surface area contributed by atoms with E-state index in [0.29, 0.717) is 0 Å². The summed E-state index contributed by atoms with van der Waals surface area (Å²) in [6.07, 6.45) is 4.37. The smallest absolute Gasteiger partial charge is 0.134 e. The number of ether oxygens (including phenoxy) is 2. The lowest BCUT2D eigenvalue weighted by Gasteiger charge is -2.36. The number of aromatic amines is 1. The summed E-state index contributed by atoms with van der Waals surface area (Å²) in [5.41, 5.74) is 5.46. The van der Waals surface area contributed by atoms with Crippen LogP contribution in [-0.2, 0) is 13.1 Å². The molecule has 0 radical (unpaired) electrons. The second-order valence-electron chi connectivity index (χ2n) is 10.4. The fourth-order valence-corrected chi connectivity index (χ4v) is 5.59. The molecule has 0 saturated carbocycles. The Balaban J connectivity index is 1.30. The van der Waals surface area contributed by atoms with Crippen LogP contribution < -0.4 is 9.47 Å². The molecule has 2 aliphatic rings. The van der Waals surface area contributed by atoms with Gasteiger partial charge in [-0.15, -0.1) is 0 Å². The highest BCUT2D eigenvalue weighted by molar-refractivity contribution is 6.31. The van der Waals surface area contributed by atoms with E-state index in [2.05, 4.69) is 71.1 Å². The maximum Gasteiger partial charge on any atom is 0.134 e. The van der Waals surface area contributed by atoms with Crippen LogP contribution in [0.3, 0.4) is 0 Å². The number of nitrogens with zero attached hydrogens (tertiary/aromatic N) is 2. The van der Waals surface area contributed by atoms with Crippen LogP contribution in [0.25, 0.3) is 27.9 Å². The van der Waals surface area contributed by atoms with E-state index in [1.54, 1.807) is 7.11 Å². The van der Waals surface area contributed by atoms with Crippen molar-refractivity contribution in [2.45, 2.75) is 32.5 Å². The highest BCUT2D eigenvalue weighted by Crippen LogP contribution is 2.42. The molecule has 4 aromatic rings. The summed E-state index contributed by atoms with van der Waals surface area (Å²) in [5.74, 6) is 1.86. The van der Waals surface area contributed by atoms with Crippen molar-refractivity contribution >= 4 is 39.5 Å². The lowest BCUT2D eigenvalue weighted by molar-refractivity contribution is 0.117. The molecule has 3 heterocycles. The quantitative estimate of drug-likeness (QED) is 0.339. The Morgan fingerprint density at radius 3 is 2.39 bits per heavy atom. The van der Waals surface area contributed by atoms with Gasteiger partial charge in [0.25, 0.3) is 0 Å². The van der Waals surface area contributed by atoms with Gasteiger partial charge in [-0.2, -0.15) is 0 Å². The number of nitrogens with one attached hydrogen (secondary N) is 1. The topological polar surface area (TPSA) is 40.7 Å². The Morgan fingerprint density at radius 2 is 1.67 bits per heavy atom. The van der Waals surface area contributed by atoms with Gasteiger partial charge in [-0.05, 0) is 61.9 Å². The van der Waals surface area contributed by atoms with Crippen LogP contribution in [0.1, 0.15) is 30.5 Å². The van der Waals surface area contributed by atoms with Gasteiger partial charge < -0.3 is 14.5 Å². The highest BCUT2D eigenvalue weighted by Gasteiger charge is 2.28. The van der Waals surface area contributed by atoms with Crippen molar-refractivity contribution in [2.75, 3.05) is 33.3 Å². The molecule has 0 spiro atoms. The molecule has 0 bridgehead atoms. The van der Waals surface area contributed by atoms with Gasteiger partial charge in [-0.1, -0.05) is 29.8 Å². The third-order valence-electron chi connectivity index (χ3n) is 7.40. The van der Waals surface area contributed by atoms with Gasteiger partial charge in [0.15, 0.2) is 0 Å². The molecule has 3 aromatic carbocycles. The van der Waals surface area contributed by atoms with E-state index in [1.807, 2.05) is 18.2 Å². The summed E-state index contributed by atoms with van der Waals surface area (Å²) in [5, 5.41) is 3.24. The summed E-state index contributed by atoms with van der Waals surface area (Å²) in [7, 11) is 1.72. The lowest BCUT2D eigenvalue weighted by atomic mass is 9.96. The molecule has 5 nitrogen and oxygen atoms in total. The minimum atomic E-state index is -0.335. The average molecular weight is 502 g/mol. The van der Waals surface area contributed by atoms with Gasteiger partial charge in [-0.25, -0.2) is 0 Å². The van der Waals surface area contributed by atoms with E-state index in [-0.39, 0.29) is 5.60 Å². The number of halogens is 1. The number of hydrogen-bond acceptors (Lipinski definition) is 4. The lowest BCUT2D eigenvalue weighted by Crippen LogP contribution is -2.45.